The molecule has 0 aliphatic rings. The van der Waals surface area contributed by atoms with Gasteiger partial charge in [0.1, 0.15) is 5.15 Å². The van der Waals surface area contributed by atoms with E-state index in [0.29, 0.717) is 0 Å². The Kier molecular flexibility index (Phi) is 4.17. The van der Waals surface area contributed by atoms with Crippen LogP contribution in [-0.4, -0.2) is 28.8 Å². The molecule has 0 amide bonds. The van der Waals surface area contributed by atoms with E-state index in [2.05, 4.69) is 9.72 Å². The van der Waals surface area contributed by atoms with Crippen LogP contribution in [0.25, 0.3) is 0 Å². The predicted octanol–water partition coefficient (Wildman–Crippen LogP) is 2.76. The molecule has 0 saturated heterocycles. The Labute approximate surface area is 99.0 Å². The van der Waals surface area contributed by atoms with E-state index in [0.717, 1.165) is 12.1 Å². The highest BCUT2D eigenvalue weighted by Gasteiger charge is 2.27. The number of halogens is 4. The molecule has 0 bridgehead atoms. The lowest BCUT2D eigenvalue weighted by Crippen LogP contribution is -2.13. The first-order valence-corrected chi connectivity index (χ1v) is 4.76. The second kappa shape index (κ2) is 5.22. The summed E-state index contributed by atoms with van der Waals surface area (Å²) >= 11 is 5.49. The van der Waals surface area contributed by atoms with Gasteiger partial charge in [-0.05, 0) is 6.07 Å². The zero-order valence-corrected chi connectivity index (χ0v) is 9.05. The third-order valence-corrected chi connectivity index (χ3v) is 1.85. The summed E-state index contributed by atoms with van der Waals surface area (Å²) in [4.78, 5) is 14.2. The third kappa shape index (κ3) is 4.90. The molecule has 0 spiro atoms. The SMILES string of the molecule is O=C(O)c1cc(Cl)nc(OCCC(F)(F)F)c1. The Morgan fingerprint density at radius 1 is 1.47 bits per heavy atom. The largest absolute Gasteiger partial charge is 0.478 e. The molecule has 0 fully saturated rings. The first-order valence-electron chi connectivity index (χ1n) is 4.38. The molecule has 0 saturated carbocycles. The summed E-state index contributed by atoms with van der Waals surface area (Å²) in [7, 11) is 0. The molecule has 1 heterocycles. The highest BCUT2D eigenvalue weighted by molar-refractivity contribution is 6.29. The number of rotatable bonds is 4. The van der Waals surface area contributed by atoms with Gasteiger partial charge in [0.25, 0.3) is 0 Å². The summed E-state index contributed by atoms with van der Waals surface area (Å²) in [5.74, 6) is -1.52. The zero-order chi connectivity index (χ0) is 13.1. The van der Waals surface area contributed by atoms with E-state index in [4.69, 9.17) is 16.7 Å². The van der Waals surface area contributed by atoms with Gasteiger partial charge >= 0.3 is 12.1 Å². The van der Waals surface area contributed by atoms with Crippen molar-refractivity contribution in [2.45, 2.75) is 12.6 Å². The minimum Gasteiger partial charge on any atom is -0.478 e. The maximum atomic E-state index is 11.8. The van der Waals surface area contributed by atoms with Crippen molar-refractivity contribution < 1.29 is 27.8 Å². The number of alkyl halides is 3. The van der Waals surface area contributed by atoms with Gasteiger partial charge in [-0.2, -0.15) is 13.2 Å². The topological polar surface area (TPSA) is 59.4 Å². The fourth-order valence-electron chi connectivity index (χ4n) is 0.942. The number of aromatic carboxylic acids is 1. The van der Waals surface area contributed by atoms with Gasteiger partial charge in [0, 0.05) is 6.07 Å². The van der Waals surface area contributed by atoms with Crippen molar-refractivity contribution in [1.82, 2.24) is 4.98 Å². The minimum atomic E-state index is -4.34. The number of aromatic nitrogens is 1. The van der Waals surface area contributed by atoms with Gasteiger partial charge in [-0.25, -0.2) is 9.78 Å². The molecule has 1 aromatic heterocycles. The molecule has 94 valence electrons. The Balaban J connectivity index is 2.68. The molecule has 4 nitrogen and oxygen atoms in total. The van der Waals surface area contributed by atoms with Gasteiger partial charge < -0.3 is 9.84 Å². The number of hydrogen-bond donors (Lipinski definition) is 1. The number of carboxylic acid groups (broad SMARTS) is 1. The van der Waals surface area contributed by atoms with E-state index < -0.39 is 25.2 Å². The molecule has 0 atom stereocenters. The van der Waals surface area contributed by atoms with Crippen LogP contribution in [0.15, 0.2) is 12.1 Å². The Morgan fingerprint density at radius 2 is 2.12 bits per heavy atom. The summed E-state index contributed by atoms with van der Waals surface area (Å²) in [5.41, 5.74) is -0.202. The summed E-state index contributed by atoms with van der Waals surface area (Å²) in [6.45, 7) is -0.643. The van der Waals surface area contributed by atoms with Crippen molar-refractivity contribution in [1.29, 1.82) is 0 Å². The number of pyridine rings is 1. The van der Waals surface area contributed by atoms with Gasteiger partial charge in [-0.15, -0.1) is 0 Å². The highest BCUT2D eigenvalue weighted by atomic mass is 35.5. The highest BCUT2D eigenvalue weighted by Crippen LogP contribution is 2.21. The maximum absolute atomic E-state index is 11.8. The molecule has 0 aromatic carbocycles. The molecule has 0 aliphatic carbocycles. The monoisotopic (exact) mass is 269 g/mol. The van der Waals surface area contributed by atoms with Crippen LogP contribution >= 0.6 is 11.6 Å². The zero-order valence-electron chi connectivity index (χ0n) is 8.29. The quantitative estimate of drug-likeness (QED) is 0.854. The van der Waals surface area contributed by atoms with Crippen molar-refractivity contribution in [3.8, 4) is 5.88 Å². The summed E-state index contributed by atoms with van der Waals surface area (Å²) in [5, 5.41) is 8.51. The number of hydrogen-bond acceptors (Lipinski definition) is 3. The molecular weight excluding hydrogens is 263 g/mol. The van der Waals surface area contributed by atoms with E-state index in [1.54, 1.807) is 0 Å². The second-order valence-electron chi connectivity index (χ2n) is 3.04. The fraction of sp³-hybridized carbons (Fsp3) is 0.333. The van der Waals surface area contributed by atoms with Crippen LogP contribution in [0.2, 0.25) is 5.15 Å². The molecule has 0 aliphatic heterocycles. The molecule has 8 heteroatoms. The van der Waals surface area contributed by atoms with Crippen molar-refractivity contribution >= 4 is 17.6 Å². The average molecular weight is 270 g/mol. The Hall–Kier alpha value is -1.50. The van der Waals surface area contributed by atoms with Crippen molar-refractivity contribution in [3.63, 3.8) is 0 Å². The Morgan fingerprint density at radius 3 is 2.65 bits per heavy atom. The molecule has 1 aromatic rings. The number of carboxylic acids is 1. The van der Waals surface area contributed by atoms with Crippen molar-refractivity contribution in [2.75, 3.05) is 6.61 Å². The molecule has 1 rings (SSSR count). The Bertz CT molecular complexity index is 422. The van der Waals surface area contributed by atoms with E-state index in [1.807, 2.05) is 0 Å². The van der Waals surface area contributed by atoms with E-state index >= 15 is 0 Å². The summed E-state index contributed by atoms with van der Waals surface area (Å²) in [6, 6.07) is 2.07. The van der Waals surface area contributed by atoms with Crippen molar-refractivity contribution in [2.24, 2.45) is 0 Å². The average Bonchev–Trinajstić information content (AvgIpc) is 2.14. The summed E-state index contributed by atoms with van der Waals surface area (Å²) < 4.78 is 40.1. The van der Waals surface area contributed by atoms with Gasteiger partial charge in [0.05, 0.1) is 18.6 Å². The smallest absolute Gasteiger partial charge is 0.392 e. The standard InChI is InChI=1S/C9H7ClF3NO3/c10-6-3-5(8(15)16)4-7(14-6)17-2-1-9(11,12)13/h3-4H,1-2H2,(H,15,16). The lowest BCUT2D eigenvalue weighted by molar-refractivity contribution is -0.139. The first-order chi connectivity index (χ1) is 7.78. The van der Waals surface area contributed by atoms with Gasteiger partial charge in [0.15, 0.2) is 0 Å². The van der Waals surface area contributed by atoms with Gasteiger partial charge in [0.2, 0.25) is 5.88 Å². The second-order valence-corrected chi connectivity index (χ2v) is 3.42. The van der Waals surface area contributed by atoms with Crippen LogP contribution in [0.3, 0.4) is 0 Å². The molecular formula is C9H7ClF3NO3. The van der Waals surface area contributed by atoms with Crippen LogP contribution < -0.4 is 4.74 Å². The van der Waals surface area contributed by atoms with Gasteiger partial charge in [-0.3, -0.25) is 0 Å². The minimum absolute atomic E-state index is 0.160. The lowest BCUT2D eigenvalue weighted by Gasteiger charge is -2.08. The van der Waals surface area contributed by atoms with Crippen molar-refractivity contribution in [3.05, 3.63) is 22.8 Å². The lowest BCUT2D eigenvalue weighted by atomic mass is 10.3. The molecule has 1 N–H and O–H groups in total. The maximum Gasteiger partial charge on any atom is 0.392 e. The van der Waals surface area contributed by atoms with Crippen LogP contribution in [-0.2, 0) is 0 Å². The third-order valence-electron chi connectivity index (χ3n) is 1.65. The van der Waals surface area contributed by atoms with Crippen LogP contribution in [0, 0.1) is 0 Å². The molecule has 0 unspecified atom stereocenters. The van der Waals surface area contributed by atoms with E-state index in [1.165, 1.54) is 0 Å². The predicted molar refractivity (Wildman–Crippen MR) is 52.4 cm³/mol. The number of nitrogens with zero attached hydrogens (tertiary/aromatic N) is 1. The first kappa shape index (κ1) is 13.6. The molecule has 17 heavy (non-hydrogen) atoms. The van der Waals surface area contributed by atoms with E-state index in [-0.39, 0.29) is 16.6 Å². The normalized spacial score (nSPS) is 11.3. The van der Waals surface area contributed by atoms with Gasteiger partial charge in [-0.1, -0.05) is 11.6 Å². The number of carbonyl (C=O) groups is 1. The van der Waals surface area contributed by atoms with E-state index in [9.17, 15) is 18.0 Å². The van der Waals surface area contributed by atoms with Crippen LogP contribution in [0.1, 0.15) is 16.8 Å². The molecule has 0 radical (unpaired) electrons. The number of ether oxygens (including phenoxy) is 1. The van der Waals surface area contributed by atoms with Crippen LogP contribution in [0.4, 0.5) is 13.2 Å². The summed E-state index contributed by atoms with van der Waals surface area (Å²) in [6.07, 6.45) is -5.49. The van der Waals surface area contributed by atoms with Crippen LogP contribution in [0.5, 0.6) is 5.88 Å². The fourth-order valence-corrected chi connectivity index (χ4v) is 1.14.